The van der Waals surface area contributed by atoms with E-state index in [1.54, 1.807) is 0 Å². The highest BCUT2D eigenvalue weighted by Crippen LogP contribution is 2.29. The Balaban J connectivity index is 2.29. The smallest absolute Gasteiger partial charge is 0.292 e. The second-order valence-corrected chi connectivity index (χ2v) is 5.31. The number of primary amides is 1. The van der Waals surface area contributed by atoms with Crippen molar-refractivity contribution in [2.75, 3.05) is 5.32 Å². The number of hydrogen-bond acceptors (Lipinski definition) is 5. The largest absolute Gasteiger partial charge is 0.391 e. The van der Waals surface area contributed by atoms with E-state index in [-0.39, 0.29) is 23.0 Å². The zero-order valence-electron chi connectivity index (χ0n) is 11.6. The van der Waals surface area contributed by atoms with Crippen molar-refractivity contribution < 1.29 is 14.8 Å². The third-order valence-electron chi connectivity index (χ3n) is 3.80. The molecule has 1 aliphatic carbocycles. The summed E-state index contributed by atoms with van der Waals surface area (Å²) in [5, 5.41) is 24.2. The Kier molecular flexibility index (Phi) is 4.74. The van der Waals surface area contributed by atoms with E-state index in [2.05, 4.69) is 5.32 Å². The van der Waals surface area contributed by atoms with Crippen molar-refractivity contribution >= 4 is 17.3 Å². The number of nitro groups is 1. The maximum Gasteiger partial charge on any atom is 0.292 e. The Bertz CT molecular complexity index is 547. The first kappa shape index (κ1) is 15.2. The molecule has 2 unspecified atom stereocenters. The fraction of sp³-hybridized carbons (Fsp3) is 0.500. The van der Waals surface area contributed by atoms with E-state index in [0.717, 1.165) is 25.7 Å². The predicted molar refractivity (Wildman–Crippen MR) is 78.1 cm³/mol. The van der Waals surface area contributed by atoms with Gasteiger partial charge in [0.15, 0.2) is 0 Å². The summed E-state index contributed by atoms with van der Waals surface area (Å²) in [7, 11) is 0. The highest BCUT2D eigenvalue weighted by atomic mass is 16.6. The van der Waals surface area contributed by atoms with Crippen molar-refractivity contribution in [3.05, 3.63) is 33.9 Å². The fourth-order valence-electron chi connectivity index (χ4n) is 2.62. The highest BCUT2D eigenvalue weighted by Gasteiger charge is 2.25. The van der Waals surface area contributed by atoms with Crippen molar-refractivity contribution in [2.45, 2.75) is 44.2 Å². The van der Waals surface area contributed by atoms with Crippen LogP contribution in [0.3, 0.4) is 0 Å². The van der Waals surface area contributed by atoms with Crippen LogP contribution >= 0.6 is 0 Å². The molecule has 1 aromatic rings. The van der Waals surface area contributed by atoms with Crippen molar-refractivity contribution in [3.63, 3.8) is 0 Å². The molecule has 0 heterocycles. The molecule has 2 atom stereocenters. The van der Waals surface area contributed by atoms with Crippen LogP contribution in [0.2, 0.25) is 0 Å². The van der Waals surface area contributed by atoms with Crippen LogP contribution in [0.15, 0.2) is 18.2 Å². The van der Waals surface area contributed by atoms with Crippen molar-refractivity contribution in [1.29, 1.82) is 0 Å². The van der Waals surface area contributed by atoms with E-state index in [1.807, 2.05) is 0 Å². The minimum absolute atomic E-state index is 0.128. The van der Waals surface area contributed by atoms with Crippen molar-refractivity contribution in [1.82, 2.24) is 0 Å². The lowest BCUT2D eigenvalue weighted by Gasteiger charge is -2.23. The normalized spacial score (nSPS) is 22.3. The van der Waals surface area contributed by atoms with Crippen molar-refractivity contribution in [3.8, 4) is 0 Å². The van der Waals surface area contributed by atoms with Crippen LogP contribution in [-0.4, -0.2) is 28.1 Å². The van der Waals surface area contributed by atoms with Gasteiger partial charge in [0.25, 0.3) is 5.69 Å². The van der Waals surface area contributed by atoms with Gasteiger partial charge < -0.3 is 16.2 Å². The van der Waals surface area contributed by atoms with Crippen LogP contribution < -0.4 is 11.1 Å². The van der Waals surface area contributed by atoms with Crippen molar-refractivity contribution in [2.24, 2.45) is 5.73 Å². The van der Waals surface area contributed by atoms with E-state index in [4.69, 9.17) is 5.73 Å². The molecule has 21 heavy (non-hydrogen) atoms. The first-order valence-electron chi connectivity index (χ1n) is 7.02. The van der Waals surface area contributed by atoms with Gasteiger partial charge in [-0.1, -0.05) is 19.3 Å². The molecule has 2 rings (SSSR count). The standard InChI is InChI=1S/C14H19N3O4/c15-14(19)9-6-7-12(17(20)21)11(8-9)16-10-4-2-1-3-5-13(10)18/h6-8,10,13,16,18H,1-5H2,(H2,15,19). The lowest BCUT2D eigenvalue weighted by Crippen LogP contribution is -2.32. The zero-order chi connectivity index (χ0) is 15.4. The maximum absolute atomic E-state index is 11.2. The molecule has 4 N–H and O–H groups in total. The molecule has 0 saturated heterocycles. The molecule has 7 nitrogen and oxygen atoms in total. The summed E-state index contributed by atoms with van der Waals surface area (Å²) in [6.07, 6.45) is 3.80. The molecular weight excluding hydrogens is 274 g/mol. The average Bonchev–Trinajstić information content (AvgIpc) is 2.64. The number of carbonyl (C=O) groups is 1. The number of nitrogens with zero attached hydrogens (tertiary/aromatic N) is 1. The quantitative estimate of drug-likeness (QED) is 0.444. The molecule has 114 valence electrons. The maximum atomic E-state index is 11.2. The van der Waals surface area contributed by atoms with Crippen LogP contribution in [-0.2, 0) is 0 Å². The van der Waals surface area contributed by atoms with Crippen LogP contribution in [0.1, 0.15) is 42.5 Å². The lowest BCUT2D eigenvalue weighted by molar-refractivity contribution is -0.384. The minimum Gasteiger partial charge on any atom is -0.391 e. The van der Waals surface area contributed by atoms with E-state index in [1.165, 1.54) is 18.2 Å². The number of rotatable bonds is 4. The first-order valence-corrected chi connectivity index (χ1v) is 7.02. The third-order valence-corrected chi connectivity index (χ3v) is 3.80. The summed E-state index contributed by atoms with van der Waals surface area (Å²) in [5.74, 6) is -0.644. The number of carbonyl (C=O) groups excluding carboxylic acids is 1. The molecule has 1 fully saturated rings. The molecule has 1 aromatic carbocycles. The number of anilines is 1. The Morgan fingerprint density at radius 1 is 1.33 bits per heavy atom. The lowest BCUT2D eigenvalue weighted by atomic mass is 10.0. The SMILES string of the molecule is NC(=O)c1ccc([N+](=O)[O-])c(NC2CCCCCC2O)c1. The van der Waals surface area contributed by atoms with Crippen LogP contribution in [0.25, 0.3) is 0 Å². The van der Waals surface area contributed by atoms with E-state index >= 15 is 0 Å². The summed E-state index contributed by atoms with van der Waals surface area (Å²) in [6, 6.07) is 3.70. The highest BCUT2D eigenvalue weighted by molar-refractivity contribution is 5.94. The van der Waals surface area contributed by atoms with E-state index in [9.17, 15) is 20.0 Å². The van der Waals surface area contributed by atoms with Gasteiger partial charge in [0, 0.05) is 11.6 Å². The van der Waals surface area contributed by atoms with Crippen LogP contribution in [0, 0.1) is 10.1 Å². The number of nitro benzene ring substituents is 1. The summed E-state index contributed by atoms with van der Waals surface area (Å²) in [4.78, 5) is 21.8. The molecule has 0 aromatic heterocycles. The summed E-state index contributed by atoms with van der Waals surface area (Å²) < 4.78 is 0. The molecule has 7 heteroatoms. The number of nitrogens with two attached hydrogens (primary N) is 1. The van der Waals surface area contributed by atoms with Gasteiger partial charge in [-0.15, -0.1) is 0 Å². The molecule has 0 spiro atoms. The van der Waals surface area contributed by atoms with Crippen LogP contribution in [0.5, 0.6) is 0 Å². The number of aliphatic hydroxyl groups excluding tert-OH is 1. The van der Waals surface area contributed by atoms with Gasteiger partial charge in [-0.05, 0) is 25.0 Å². The topological polar surface area (TPSA) is 118 Å². The fourth-order valence-corrected chi connectivity index (χ4v) is 2.62. The summed E-state index contributed by atoms with van der Waals surface area (Å²) in [6.45, 7) is 0. The second-order valence-electron chi connectivity index (χ2n) is 5.31. The van der Waals surface area contributed by atoms with Gasteiger partial charge in [-0.25, -0.2) is 0 Å². The van der Waals surface area contributed by atoms with Gasteiger partial charge in [0.1, 0.15) is 5.69 Å². The molecule has 1 aliphatic rings. The first-order chi connectivity index (χ1) is 9.99. The van der Waals surface area contributed by atoms with Crippen LogP contribution in [0.4, 0.5) is 11.4 Å². The van der Waals surface area contributed by atoms with Gasteiger partial charge in [0.2, 0.25) is 5.91 Å². The molecule has 1 saturated carbocycles. The number of aliphatic hydroxyl groups is 1. The van der Waals surface area contributed by atoms with Gasteiger partial charge in [-0.3, -0.25) is 14.9 Å². The molecule has 0 aliphatic heterocycles. The Morgan fingerprint density at radius 3 is 2.71 bits per heavy atom. The third kappa shape index (κ3) is 3.69. The number of nitrogens with one attached hydrogen (secondary N) is 1. The molecular formula is C14H19N3O4. The van der Waals surface area contributed by atoms with E-state index < -0.39 is 16.9 Å². The average molecular weight is 293 g/mol. The van der Waals surface area contributed by atoms with Gasteiger partial charge >= 0.3 is 0 Å². The predicted octanol–water partition coefficient (Wildman–Crippen LogP) is 1.80. The Hall–Kier alpha value is -2.15. The monoisotopic (exact) mass is 293 g/mol. The summed E-state index contributed by atoms with van der Waals surface area (Å²) in [5.41, 5.74) is 5.50. The second kappa shape index (κ2) is 6.53. The van der Waals surface area contributed by atoms with Gasteiger partial charge in [0.05, 0.1) is 17.1 Å². The summed E-state index contributed by atoms with van der Waals surface area (Å²) >= 11 is 0. The Morgan fingerprint density at radius 2 is 2.05 bits per heavy atom. The zero-order valence-corrected chi connectivity index (χ0v) is 11.6. The Labute approximate surface area is 122 Å². The van der Waals surface area contributed by atoms with Gasteiger partial charge in [-0.2, -0.15) is 0 Å². The number of benzene rings is 1. The molecule has 0 radical (unpaired) electrons. The molecule has 1 amide bonds. The minimum atomic E-state index is -0.644. The number of hydrogen-bond donors (Lipinski definition) is 3. The number of amides is 1. The molecule has 0 bridgehead atoms. The van der Waals surface area contributed by atoms with E-state index in [0.29, 0.717) is 6.42 Å².